The predicted molar refractivity (Wildman–Crippen MR) is 71.2 cm³/mol. The molecule has 1 amide bonds. The van der Waals surface area contributed by atoms with E-state index in [-0.39, 0.29) is 30.5 Å². The maximum atomic E-state index is 11.9. The summed E-state index contributed by atoms with van der Waals surface area (Å²) in [5.41, 5.74) is 0.818. The number of halogens is 1. The molecular formula is C11H13ClN2O4S. The number of amides is 1. The molecule has 1 aromatic rings. The van der Waals surface area contributed by atoms with Gasteiger partial charge in [-0.1, -0.05) is 23.7 Å². The summed E-state index contributed by atoms with van der Waals surface area (Å²) in [7, 11) is -3.78. The third-order valence-electron chi connectivity index (χ3n) is 3.06. The highest BCUT2D eigenvalue weighted by molar-refractivity contribution is 7.89. The van der Waals surface area contributed by atoms with E-state index in [1.165, 1.54) is 4.90 Å². The first-order chi connectivity index (χ1) is 8.84. The second-order valence-electron chi connectivity index (χ2n) is 4.33. The molecule has 1 fully saturated rings. The highest BCUT2D eigenvalue weighted by Gasteiger charge is 2.38. The van der Waals surface area contributed by atoms with Crippen LogP contribution in [0.15, 0.2) is 18.2 Å². The van der Waals surface area contributed by atoms with Gasteiger partial charge in [-0.3, -0.25) is 4.79 Å². The van der Waals surface area contributed by atoms with E-state index in [2.05, 4.69) is 0 Å². The van der Waals surface area contributed by atoms with Crippen LogP contribution >= 0.6 is 11.6 Å². The summed E-state index contributed by atoms with van der Waals surface area (Å²) in [6, 6.07) is 4.85. The van der Waals surface area contributed by atoms with Crippen molar-refractivity contribution in [2.24, 2.45) is 5.14 Å². The molecule has 0 saturated carbocycles. The Bertz CT molecular complexity index is 617. The van der Waals surface area contributed by atoms with Gasteiger partial charge in [0.2, 0.25) is 15.9 Å². The van der Waals surface area contributed by atoms with Crippen molar-refractivity contribution >= 4 is 33.2 Å². The standard InChI is InChI=1S/C11H13ClN2O4S/c12-9-3-1-2-7(6-15)11(9)14-5-8(4-10(14)16)19(13,17)18/h1-3,8,15H,4-6H2,(H2,13,17,18). The van der Waals surface area contributed by atoms with Crippen LogP contribution in [0.1, 0.15) is 12.0 Å². The number of hydrogen-bond donors (Lipinski definition) is 2. The molecule has 0 radical (unpaired) electrons. The SMILES string of the molecule is NS(=O)(=O)C1CC(=O)N(c2c(Cl)cccc2CO)C1. The maximum Gasteiger partial charge on any atom is 0.228 e. The van der Waals surface area contributed by atoms with Crippen LogP contribution in [0.5, 0.6) is 0 Å². The molecule has 1 aliphatic heterocycles. The van der Waals surface area contributed by atoms with Crippen molar-refractivity contribution in [1.82, 2.24) is 0 Å². The van der Waals surface area contributed by atoms with Crippen LogP contribution in [0.4, 0.5) is 5.69 Å². The van der Waals surface area contributed by atoms with Gasteiger partial charge in [-0.15, -0.1) is 0 Å². The molecule has 6 nitrogen and oxygen atoms in total. The fourth-order valence-corrected chi connectivity index (χ4v) is 3.13. The lowest BCUT2D eigenvalue weighted by Gasteiger charge is -2.20. The lowest BCUT2D eigenvalue weighted by molar-refractivity contribution is -0.117. The molecule has 3 N–H and O–H groups in total. The number of carbonyl (C=O) groups is 1. The molecule has 8 heteroatoms. The maximum absolute atomic E-state index is 11.9. The van der Waals surface area contributed by atoms with Gasteiger partial charge in [-0.05, 0) is 6.07 Å². The number of carbonyl (C=O) groups excluding carboxylic acids is 1. The largest absolute Gasteiger partial charge is 0.392 e. The Hall–Kier alpha value is -1.15. The van der Waals surface area contributed by atoms with E-state index in [9.17, 15) is 18.3 Å². The van der Waals surface area contributed by atoms with Crippen LogP contribution in [0.25, 0.3) is 0 Å². The Kier molecular flexibility index (Phi) is 3.82. The molecule has 1 saturated heterocycles. The van der Waals surface area contributed by atoms with Crippen LogP contribution in [0.2, 0.25) is 5.02 Å². The Balaban J connectivity index is 2.41. The van der Waals surface area contributed by atoms with Crippen molar-refractivity contribution in [2.75, 3.05) is 11.4 Å². The van der Waals surface area contributed by atoms with E-state index >= 15 is 0 Å². The second kappa shape index (κ2) is 5.09. The molecule has 2 rings (SSSR count). The summed E-state index contributed by atoms with van der Waals surface area (Å²) in [6.07, 6.45) is -0.172. The van der Waals surface area contributed by atoms with Crippen LogP contribution in [0, 0.1) is 0 Å². The zero-order chi connectivity index (χ0) is 14.2. The highest BCUT2D eigenvalue weighted by atomic mass is 35.5. The molecule has 0 spiro atoms. The average molecular weight is 305 g/mol. The first-order valence-corrected chi connectivity index (χ1v) is 7.53. The molecule has 1 unspecified atom stereocenters. The topological polar surface area (TPSA) is 101 Å². The van der Waals surface area contributed by atoms with Crippen LogP contribution in [-0.4, -0.2) is 31.2 Å². The molecular weight excluding hydrogens is 292 g/mol. The fourth-order valence-electron chi connectivity index (χ4n) is 2.10. The van der Waals surface area contributed by atoms with Gasteiger partial charge in [0.05, 0.1) is 17.3 Å². The normalized spacial score (nSPS) is 20.1. The minimum Gasteiger partial charge on any atom is -0.392 e. The first-order valence-electron chi connectivity index (χ1n) is 5.55. The molecule has 0 aromatic heterocycles. The van der Waals surface area contributed by atoms with Gasteiger partial charge in [0.25, 0.3) is 0 Å². The van der Waals surface area contributed by atoms with E-state index < -0.39 is 15.3 Å². The Morgan fingerprint density at radius 2 is 2.16 bits per heavy atom. The number of primary sulfonamides is 1. The fraction of sp³-hybridized carbons (Fsp3) is 0.364. The number of hydrogen-bond acceptors (Lipinski definition) is 4. The van der Waals surface area contributed by atoms with Crippen molar-refractivity contribution in [3.8, 4) is 0 Å². The molecule has 1 aromatic carbocycles. The summed E-state index contributed by atoms with van der Waals surface area (Å²) >= 11 is 6.03. The van der Waals surface area contributed by atoms with Crippen molar-refractivity contribution in [1.29, 1.82) is 0 Å². The van der Waals surface area contributed by atoms with E-state index in [1.807, 2.05) is 0 Å². The molecule has 1 aliphatic rings. The van der Waals surface area contributed by atoms with Crippen molar-refractivity contribution in [2.45, 2.75) is 18.3 Å². The monoisotopic (exact) mass is 304 g/mol. The Morgan fingerprint density at radius 1 is 1.47 bits per heavy atom. The lowest BCUT2D eigenvalue weighted by atomic mass is 10.1. The first kappa shape index (κ1) is 14.3. The number of sulfonamides is 1. The number of benzene rings is 1. The molecule has 19 heavy (non-hydrogen) atoms. The number of rotatable bonds is 3. The van der Waals surface area contributed by atoms with E-state index in [1.54, 1.807) is 18.2 Å². The van der Waals surface area contributed by atoms with E-state index in [0.717, 1.165) is 0 Å². The minimum atomic E-state index is -3.78. The third kappa shape index (κ3) is 2.74. The van der Waals surface area contributed by atoms with Gasteiger partial charge in [0, 0.05) is 18.5 Å². The second-order valence-corrected chi connectivity index (χ2v) is 6.58. The summed E-state index contributed by atoms with van der Waals surface area (Å²) in [6.45, 7) is -0.339. The number of aliphatic hydroxyl groups is 1. The quantitative estimate of drug-likeness (QED) is 0.834. The molecule has 104 valence electrons. The average Bonchev–Trinajstić information content (AvgIpc) is 2.70. The molecule has 1 atom stereocenters. The smallest absolute Gasteiger partial charge is 0.228 e. The third-order valence-corrected chi connectivity index (χ3v) is 4.61. The summed E-state index contributed by atoms with van der Waals surface area (Å²) in [4.78, 5) is 13.2. The van der Waals surface area contributed by atoms with E-state index in [0.29, 0.717) is 11.3 Å². The van der Waals surface area contributed by atoms with Crippen molar-refractivity contribution in [3.05, 3.63) is 28.8 Å². The molecule has 0 bridgehead atoms. The summed E-state index contributed by atoms with van der Waals surface area (Å²) < 4.78 is 22.6. The minimum absolute atomic E-state index is 0.0472. The number of nitrogens with zero attached hydrogens (tertiary/aromatic N) is 1. The summed E-state index contributed by atoms with van der Waals surface area (Å²) in [5, 5.41) is 13.7. The molecule has 1 heterocycles. The van der Waals surface area contributed by atoms with Crippen LogP contribution in [0.3, 0.4) is 0 Å². The number of para-hydroxylation sites is 1. The molecule has 0 aliphatic carbocycles. The van der Waals surface area contributed by atoms with Gasteiger partial charge in [0.15, 0.2) is 0 Å². The van der Waals surface area contributed by atoms with Crippen LogP contribution < -0.4 is 10.0 Å². The zero-order valence-electron chi connectivity index (χ0n) is 9.91. The number of aliphatic hydroxyl groups excluding tert-OH is 1. The van der Waals surface area contributed by atoms with Crippen molar-refractivity contribution in [3.63, 3.8) is 0 Å². The number of nitrogens with two attached hydrogens (primary N) is 1. The van der Waals surface area contributed by atoms with Gasteiger partial charge in [-0.25, -0.2) is 13.6 Å². The van der Waals surface area contributed by atoms with Crippen LogP contribution in [-0.2, 0) is 21.4 Å². The Labute approximate surface area is 115 Å². The zero-order valence-corrected chi connectivity index (χ0v) is 11.5. The number of anilines is 1. The Morgan fingerprint density at radius 3 is 2.68 bits per heavy atom. The van der Waals surface area contributed by atoms with Gasteiger partial charge >= 0.3 is 0 Å². The lowest BCUT2D eigenvalue weighted by Crippen LogP contribution is -2.32. The van der Waals surface area contributed by atoms with Gasteiger partial charge < -0.3 is 10.0 Å². The van der Waals surface area contributed by atoms with E-state index in [4.69, 9.17) is 16.7 Å². The van der Waals surface area contributed by atoms with Gasteiger partial charge in [-0.2, -0.15) is 0 Å². The van der Waals surface area contributed by atoms with Gasteiger partial charge in [0.1, 0.15) is 5.25 Å². The summed E-state index contributed by atoms with van der Waals surface area (Å²) in [5.74, 6) is -0.373. The van der Waals surface area contributed by atoms with Crippen molar-refractivity contribution < 1.29 is 18.3 Å². The predicted octanol–water partition coefficient (Wildman–Crippen LogP) is 0.226. The highest BCUT2D eigenvalue weighted by Crippen LogP contribution is 2.34.